The Morgan fingerprint density at radius 2 is 1.96 bits per heavy atom. The van der Waals surface area contributed by atoms with E-state index in [0.717, 1.165) is 10.8 Å². The number of ketones is 2. The molecule has 4 atom stereocenters. The molecule has 0 saturated carbocycles. The van der Waals surface area contributed by atoms with Crippen molar-refractivity contribution in [2.45, 2.75) is 44.3 Å². The highest BCUT2D eigenvalue weighted by Gasteiger charge is 2.43. The van der Waals surface area contributed by atoms with E-state index in [4.69, 9.17) is 9.84 Å². The molecule has 24 heavy (non-hydrogen) atoms. The van der Waals surface area contributed by atoms with Crippen LogP contribution >= 0.6 is 0 Å². The smallest absolute Gasteiger partial charge is 0.330 e. The Bertz CT molecular complexity index is 752. The minimum atomic E-state index is -1.51. The molecule has 0 radical (unpaired) electrons. The predicted molar refractivity (Wildman–Crippen MR) is 78.3 cm³/mol. The predicted octanol–water partition coefficient (Wildman–Crippen LogP) is -2.76. The fraction of sp³-hybridized carbons (Fsp3) is 0.571. The second kappa shape index (κ2) is 7.18. The standard InChI is InChI=1S/C14H18N2O8/c1-6(18)2-8(19)3-7-4-16(14(23)15-12(7)22)13-11(21)10(20)9(5-17)24-13/h4,9-11,13,17,20-21H,2-3,5H2,1H3,(H,15,22,23)/t9-,10-,11-,13-/m1/s1. The van der Waals surface area contributed by atoms with E-state index in [1.807, 2.05) is 4.98 Å². The van der Waals surface area contributed by atoms with Crippen molar-refractivity contribution in [3.8, 4) is 0 Å². The zero-order chi connectivity index (χ0) is 18.0. The maximum absolute atomic E-state index is 11.9. The second-order valence-corrected chi connectivity index (χ2v) is 5.64. The lowest BCUT2D eigenvalue weighted by Crippen LogP contribution is -2.39. The quantitative estimate of drug-likeness (QED) is 0.405. The molecular weight excluding hydrogens is 324 g/mol. The molecule has 1 aliphatic heterocycles. The van der Waals surface area contributed by atoms with E-state index in [1.165, 1.54) is 6.92 Å². The maximum atomic E-state index is 11.9. The van der Waals surface area contributed by atoms with Crippen molar-refractivity contribution < 1.29 is 29.6 Å². The van der Waals surface area contributed by atoms with E-state index < -0.39 is 48.2 Å². The Labute approximate surface area is 135 Å². The average molecular weight is 342 g/mol. The summed E-state index contributed by atoms with van der Waals surface area (Å²) >= 11 is 0. The van der Waals surface area contributed by atoms with E-state index >= 15 is 0 Å². The summed E-state index contributed by atoms with van der Waals surface area (Å²) in [5, 5.41) is 28.8. The van der Waals surface area contributed by atoms with Gasteiger partial charge in [-0.3, -0.25) is 23.9 Å². The van der Waals surface area contributed by atoms with Gasteiger partial charge in [0.25, 0.3) is 5.56 Å². The lowest BCUT2D eigenvalue weighted by molar-refractivity contribution is -0.125. The van der Waals surface area contributed by atoms with Crippen LogP contribution in [0.3, 0.4) is 0 Å². The van der Waals surface area contributed by atoms with Crippen LogP contribution in [-0.4, -0.2) is 61.4 Å². The van der Waals surface area contributed by atoms with Crippen molar-refractivity contribution in [3.05, 3.63) is 32.6 Å². The first-order valence-electron chi connectivity index (χ1n) is 7.22. The summed E-state index contributed by atoms with van der Waals surface area (Å²) in [7, 11) is 0. The molecule has 1 fully saturated rings. The molecule has 10 heteroatoms. The van der Waals surface area contributed by atoms with Gasteiger partial charge in [-0.1, -0.05) is 0 Å². The van der Waals surface area contributed by atoms with Crippen LogP contribution in [0.4, 0.5) is 0 Å². The van der Waals surface area contributed by atoms with E-state index in [-0.39, 0.29) is 24.2 Å². The Hall–Kier alpha value is -2.14. The number of rotatable bonds is 6. The number of aliphatic hydroxyl groups is 3. The molecule has 2 rings (SSSR count). The highest BCUT2D eigenvalue weighted by atomic mass is 16.6. The fourth-order valence-corrected chi connectivity index (χ4v) is 2.50. The molecule has 1 aromatic heterocycles. The third-order valence-corrected chi connectivity index (χ3v) is 3.67. The van der Waals surface area contributed by atoms with Gasteiger partial charge in [0, 0.05) is 18.2 Å². The van der Waals surface area contributed by atoms with Crippen molar-refractivity contribution >= 4 is 11.6 Å². The Kier molecular flexibility index (Phi) is 5.44. The third kappa shape index (κ3) is 3.67. The summed E-state index contributed by atoms with van der Waals surface area (Å²) in [6, 6.07) is 0. The van der Waals surface area contributed by atoms with Gasteiger partial charge in [-0.2, -0.15) is 0 Å². The first-order chi connectivity index (χ1) is 11.2. The number of nitrogens with one attached hydrogen (secondary N) is 1. The van der Waals surface area contributed by atoms with Crippen molar-refractivity contribution in [3.63, 3.8) is 0 Å². The first-order valence-corrected chi connectivity index (χ1v) is 7.22. The summed E-state index contributed by atoms with van der Waals surface area (Å²) in [5.74, 6) is -0.854. The number of hydrogen-bond acceptors (Lipinski definition) is 8. The molecule has 1 saturated heterocycles. The molecular formula is C14H18N2O8. The number of Topliss-reactive ketones (excluding diaryl/α,β-unsaturated/α-hetero) is 2. The zero-order valence-corrected chi connectivity index (χ0v) is 12.8. The van der Waals surface area contributed by atoms with Crippen LogP contribution in [0, 0.1) is 0 Å². The monoisotopic (exact) mass is 342 g/mol. The molecule has 0 amide bonds. The third-order valence-electron chi connectivity index (χ3n) is 3.67. The van der Waals surface area contributed by atoms with Gasteiger partial charge in [0.2, 0.25) is 0 Å². The number of carbonyl (C=O) groups is 2. The number of H-pyrrole nitrogens is 1. The van der Waals surface area contributed by atoms with Crippen LogP contribution in [0.2, 0.25) is 0 Å². The van der Waals surface area contributed by atoms with Gasteiger partial charge in [0.1, 0.15) is 29.9 Å². The molecule has 0 unspecified atom stereocenters. The van der Waals surface area contributed by atoms with E-state index in [2.05, 4.69) is 0 Å². The maximum Gasteiger partial charge on any atom is 0.330 e. The average Bonchev–Trinajstić information content (AvgIpc) is 2.77. The Morgan fingerprint density at radius 1 is 1.29 bits per heavy atom. The molecule has 132 valence electrons. The number of aromatic nitrogens is 2. The molecule has 10 nitrogen and oxygen atoms in total. The number of aromatic amines is 1. The molecule has 2 heterocycles. The Balaban J connectivity index is 2.33. The van der Waals surface area contributed by atoms with E-state index in [9.17, 15) is 29.4 Å². The van der Waals surface area contributed by atoms with Gasteiger partial charge >= 0.3 is 5.69 Å². The van der Waals surface area contributed by atoms with Crippen molar-refractivity contribution in [2.24, 2.45) is 0 Å². The highest BCUT2D eigenvalue weighted by molar-refractivity contribution is 5.98. The molecule has 4 N–H and O–H groups in total. The van der Waals surface area contributed by atoms with Gasteiger partial charge in [-0.05, 0) is 6.92 Å². The summed E-state index contributed by atoms with van der Waals surface area (Å²) < 4.78 is 6.05. The van der Waals surface area contributed by atoms with Gasteiger partial charge in [-0.15, -0.1) is 0 Å². The van der Waals surface area contributed by atoms with Crippen LogP contribution in [0.25, 0.3) is 0 Å². The normalized spacial score (nSPS) is 26.5. The minimum absolute atomic E-state index is 0.0846. The van der Waals surface area contributed by atoms with Gasteiger partial charge in [-0.25, -0.2) is 4.79 Å². The highest BCUT2D eigenvalue weighted by Crippen LogP contribution is 2.27. The van der Waals surface area contributed by atoms with Gasteiger partial charge in [0.05, 0.1) is 13.0 Å². The zero-order valence-electron chi connectivity index (χ0n) is 12.8. The Morgan fingerprint density at radius 3 is 2.50 bits per heavy atom. The SMILES string of the molecule is CC(=O)CC(=O)Cc1cn([C@@H]2O[C@H](CO)[C@@H](O)[C@H]2O)c(=O)[nH]c1=O. The molecule has 0 aliphatic carbocycles. The topological polar surface area (TPSA) is 159 Å². The lowest BCUT2D eigenvalue weighted by atomic mass is 10.1. The minimum Gasteiger partial charge on any atom is -0.394 e. The van der Waals surface area contributed by atoms with Crippen LogP contribution in [0.1, 0.15) is 25.1 Å². The molecule has 0 spiro atoms. The van der Waals surface area contributed by atoms with Crippen LogP contribution in [0.15, 0.2) is 15.8 Å². The molecule has 0 aromatic carbocycles. The van der Waals surface area contributed by atoms with Crippen LogP contribution < -0.4 is 11.2 Å². The van der Waals surface area contributed by atoms with E-state index in [0.29, 0.717) is 0 Å². The van der Waals surface area contributed by atoms with E-state index in [1.54, 1.807) is 0 Å². The number of hydrogen-bond donors (Lipinski definition) is 4. The van der Waals surface area contributed by atoms with Crippen molar-refractivity contribution in [2.75, 3.05) is 6.61 Å². The fourth-order valence-electron chi connectivity index (χ4n) is 2.50. The molecule has 0 bridgehead atoms. The van der Waals surface area contributed by atoms with Crippen LogP contribution in [-0.2, 0) is 20.7 Å². The summed E-state index contributed by atoms with van der Waals surface area (Å²) in [5.41, 5.74) is -1.78. The largest absolute Gasteiger partial charge is 0.394 e. The van der Waals surface area contributed by atoms with Gasteiger partial charge in [0.15, 0.2) is 6.23 Å². The van der Waals surface area contributed by atoms with Gasteiger partial charge < -0.3 is 20.1 Å². The lowest BCUT2D eigenvalue weighted by Gasteiger charge is -2.17. The number of carbonyl (C=O) groups excluding carboxylic acids is 2. The first kappa shape index (κ1) is 18.2. The number of aliphatic hydroxyl groups excluding tert-OH is 3. The number of ether oxygens (including phenoxy) is 1. The number of nitrogens with zero attached hydrogens (tertiary/aromatic N) is 1. The summed E-state index contributed by atoms with van der Waals surface area (Å²) in [6.07, 6.45) is -5.02. The van der Waals surface area contributed by atoms with Crippen molar-refractivity contribution in [1.29, 1.82) is 0 Å². The summed E-state index contributed by atoms with van der Waals surface area (Å²) in [4.78, 5) is 48.3. The van der Waals surface area contributed by atoms with Crippen molar-refractivity contribution in [1.82, 2.24) is 9.55 Å². The molecule has 1 aliphatic rings. The van der Waals surface area contributed by atoms with Crippen LogP contribution in [0.5, 0.6) is 0 Å². The second-order valence-electron chi connectivity index (χ2n) is 5.64. The summed E-state index contributed by atoms with van der Waals surface area (Å²) in [6.45, 7) is 0.666. The molecule has 1 aromatic rings.